The summed E-state index contributed by atoms with van der Waals surface area (Å²) in [5.41, 5.74) is 0.0650. The van der Waals surface area contributed by atoms with Crippen LogP contribution in [0.3, 0.4) is 0 Å². The molecular formula is C16H19Cl2NO5S. The van der Waals surface area contributed by atoms with Crippen molar-refractivity contribution in [2.24, 2.45) is 0 Å². The molecular weight excluding hydrogens is 389 g/mol. The molecule has 1 heterocycles. The van der Waals surface area contributed by atoms with Gasteiger partial charge in [-0.15, -0.1) is 0 Å². The molecule has 0 amide bonds. The molecule has 1 aromatic carbocycles. The Hall–Kier alpha value is -1.12. The summed E-state index contributed by atoms with van der Waals surface area (Å²) in [6.07, 6.45) is -0.472. The van der Waals surface area contributed by atoms with Crippen LogP contribution >= 0.6 is 23.2 Å². The molecule has 1 saturated heterocycles. The fourth-order valence-electron chi connectivity index (χ4n) is 2.52. The third-order valence-electron chi connectivity index (χ3n) is 3.53. The lowest BCUT2D eigenvalue weighted by Crippen LogP contribution is -2.48. The van der Waals surface area contributed by atoms with Crippen molar-refractivity contribution in [3.63, 3.8) is 0 Å². The quantitative estimate of drug-likeness (QED) is 0.701. The lowest BCUT2D eigenvalue weighted by Gasteiger charge is -2.34. The normalized spacial score (nSPS) is 21.8. The molecule has 0 saturated carbocycles. The second kappa shape index (κ2) is 8.05. The van der Waals surface area contributed by atoms with Gasteiger partial charge in [-0.05, 0) is 32.0 Å². The van der Waals surface area contributed by atoms with Crippen LogP contribution in [0.4, 0.5) is 0 Å². The summed E-state index contributed by atoms with van der Waals surface area (Å²) in [7, 11) is -3.88. The van der Waals surface area contributed by atoms with E-state index in [0.29, 0.717) is 0 Å². The van der Waals surface area contributed by atoms with E-state index in [1.807, 2.05) is 0 Å². The van der Waals surface area contributed by atoms with Crippen LogP contribution in [-0.4, -0.2) is 50.6 Å². The largest absolute Gasteiger partial charge is 0.456 e. The number of sulfonamides is 1. The second-order valence-corrected chi connectivity index (χ2v) is 8.67. The van der Waals surface area contributed by atoms with Crippen molar-refractivity contribution in [3.05, 3.63) is 40.4 Å². The first-order chi connectivity index (χ1) is 11.6. The summed E-state index contributed by atoms with van der Waals surface area (Å²) in [5.74, 6) is -0.710. The standard InChI is InChI=1S/C16H19Cl2NO5S/c1-10(17)9-23-16(20)13-4-5-14(18)15(6-13)25(21,22)19-7-11(2)24-12(3)8-19/h4-6,11-12H,1,7-9H2,2-3H3. The zero-order valence-corrected chi connectivity index (χ0v) is 16.2. The van der Waals surface area contributed by atoms with E-state index in [1.54, 1.807) is 13.8 Å². The third kappa shape index (κ3) is 4.95. The topological polar surface area (TPSA) is 72.9 Å². The maximum Gasteiger partial charge on any atom is 0.338 e. The molecule has 2 unspecified atom stereocenters. The lowest BCUT2D eigenvalue weighted by molar-refractivity contribution is -0.0440. The number of benzene rings is 1. The number of esters is 1. The van der Waals surface area contributed by atoms with E-state index in [2.05, 4.69) is 6.58 Å². The van der Waals surface area contributed by atoms with Crippen molar-refractivity contribution in [2.45, 2.75) is 31.0 Å². The Morgan fingerprint density at radius 2 is 1.96 bits per heavy atom. The van der Waals surface area contributed by atoms with Crippen LogP contribution in [0, 0.1) is 0 Å². The molecule has 6 nitrogen and oxygen atoms in total. The summed E-state index contributed by atoms with van der Waals surface area (Å²) in [6.45, 7) is 7.28. The predicted octanol–water partition coefficient (Wildman–Crippen LogP) is 3.05. The Balaban J connectivity index is 2.32. The van der Waals surface area contributed by atoms with Gasteiger partial charge in [0.05, 0.1) is 22.8 Å². The number of hydrogen-bond donors (Lipinski definition) is 0. The van der Waals surface area contributed by atoms with E-state index in [0.717, 1.165) is 0 Å². The van der Waals surface area contributed by atoms with E-state index in [4.69, 9.17) is 32.7 Å². The van der Waals surface area contributed by atoms with Gasteiger partial charge in [-0.1, -0.05) is 29.8 Å². The fraction of sp³-hybridized carbons (Fsp3) is 0.438. The van der Waals surface area contributed by atoms with E-state index >= 15 is 0 Å². The van der Waals surface area contributed by atoms with Crippen molar-refractivity contribution in [3.8, 4) is 0 Å². The molecule has 0 bridgehead atoms. The first kappa shape index (κ1) is 20.2. The van der Waals surface area contributed by atoms with Gasteiger partial charge >= 0.3 is 5.97 Å². The molecule has 0 N–H and O–H groups in total. The number of hydrogen-bond acceptors (Lipinski definition) is 5. The molecule has 25 heavy (non-hydrogen) atoms. The van der Waals surface area contributed by atoms with Crippen LogP contribution in [-0.2, 0) is 19.5 Å². The smallest absolute Gasteiger partial charge is 0.338 e. The molecule has 2 atom stereocenters. The highest BCUT2D eigenvalue weighted by atomic mass is 35.5. The minimum absolute atomic E-state index is 0.0325. The monoisotopic (exact) mass is 407 g/mol. The van der Waals surface area contributed by atoms with Gasteiger partial charge in [-0.3, -0.25) is 0 Å². The zero-order valence-electron chi connectivity index (χ0n) is 13.9. The Bertz CT molecular complexity index is 771. The predicted molar refractivity (Wildman–Crippen MR) is 95.5 cm³/mol. The Morgan fingerprint density at radius 1 is 1.36 bits per heavy atom. The maximum atomic E-state index is 12.9. The Labute approximate surface area is 157 Å². The molecule has 1 aromatic rings. The Kier molecular flexibility index (Phi) is 6.51. The number of carbonyl (C=O) groups excluding carboxylic acids is 1. The molecule has 1 aliphatic heterocycles. The average molecular weight is 408 g/mol. The van der Waals surface area contributed by atoms with Gasteiger partial charge < -0.3 is 9.47 Å². The maximum absolute atomic E-state index is 12.9. The molecule has 1 aliphatic rings. The number of morpholine rings is 1. The molecule has 138 valence electrons. The molecule has 0 aliphatic carbocycles. The molecule has 0 spiro atoms. The first-order valence-electron chi connectivity index (χ1n) is 7.57. The summed E-state index contributed by atoms with van der Waals surface area (Å²) >= 11 is 11.6. The minimum atomic E-state index is -3.88. The number of carbonyl (C=O) groups is 1. The van der Waals surface area contributed by atoms with E-state index in [-0.39, 0.29) is 52.4 Å². The molecule has 0 aromatic heterocycles. The van der Waals surface area contributed by atoms with Crippen LogP contribution in [0.1, 0.15) is 24.2 Å². The second-order valence-electron chi connectivity index (χ2n) is 5.82. The number of nitrogens with zero attached hydrogens (tertiary/aromatic N) is 1. The van der Waals surface area contributed by atoms with Crippen LogP contribution in [0.15, 0.2) is 34.7 Å². The van der Waals surface area contributed by atoms with Crippen LogP contribution in [0.2, 0.25) is 5.02 Å². The van der Waals surface area contributed by atoms with Crippen LogP contribution in [0.5, 0.6) is 0 Å². The summed E-state index contributed by atoms with van der Waals surface area (Å²) in [4.78, 5) is 11.9. The van der Waals surface area contributed by atoms with Crippen molar-refractivity contribution in [1.29, 1.82) is 0 Å². The number of ether oxygens (including phenoxy) is 2. The average Bonchev–Trinajstić information content (AvgIpc) is 2.51. The first-order valence-corrected chi connectivity index (χ1v) is 9.76. The summed E-state index contributed by atoms with van der Waals surface area (Å²) < 4.78 is 37.7. The van der Waals surface area contributed by atoms with Crippen molar-refractivity contribution in [1.82, 2.24) is 4.31 Å². The SMILES string of the molecule is C=C(Cl)COC(=O)c1ccc(Cl)c(S(=O)(=O)N2CC(C)OC(C)C2)c1. The summed E-state index contributed by atoms with van der Waals surface area (Å²) in [5, 5.41) is 0.191. The Morgan fingerprint density at radius 3 is 2.52 bits per heavy atom. The molecule has 9 heteroatoms. The van der Waals surface area contributed by atoms with Gasteiger partial charge in [0.1, 0.15) is 11.5 Å². The summed E-state index contributed by atoms with van der Waals surface area (Å²) in [6, 6.07) is 3.96. The molecule has 2 rings (SSSR count). The van der Waals surface area contributed by atoms with Crippen LogP contribution < -0.4 is 0 Å². The highest BCUT2D eigenvalue weighted by molar-refractivity contribution is 7.89. The van der Waals surface area contributed by atoms with E-state index in [1.165, 1.54) is 22.5 Å². The molecule has 1 fully saturated rings. The van der Waals surface area contributed by atoms with Crippen molar-refractivity contribution >= 4 is 39.2 Å². The van der Waals surface area contributed by atoms with Crippen molar-refractivity contribution in [2.75, 3.05) is 19.7 Å². The fourth-order valence-corrected chi connectivity index (χ4v) is 4.67. The van der Waals surface area contributed by atoms with E-state index < -0.39 is 16.0 Å². The lowest BCUT2D eigenvalue weighted by atomic mass is 10.2. The highest BCUT2D eigenvalue weighted by Gasteiger charge is 2.34. The van der Waals surface area contributed by atoms with Gasteiger partial charge in [0.2, 0.25) is 10.0 Å². The number of rotatable bonds is 5. The van der Waals surface area contributed by atoms with Gasteiger partial charge in [-0.25, -0.2) is 13.2 Å². The zero-order chi connectivity index (χ0) is 18.8. The molecule has 0 radical (unpaired) electrons. The van der Waals surface area contributed by atoms with E-state index in [9.17, 15) is 13.2 Å². The van der Waals surface area contributed by atoms with Gasteiger partial charge in [0, 0.05) is 18.1 Å². The van der Waals surface area contributed by atoms with Gasteiger partial charge in [0.15, 0.2) is 0 Å². The number of halogens is 2. The van der Waals surface area contributed by atoms with Crippen LogP contribution in [0.25, 0.3) is 0 Å². The van der Waals surface area contributed by atoms with Crippen molar-refractivity contribution < 1.29 is 22.7 Å². The van der Waals surface area contributed by atoms with Gasteiger partial charge in [0.25, 0.3) is 0 Å². The highest BCUT2D eigenvalue weighted by Crippen LogP contribution is 2.28. The minimum Gasteiger partial charge on any atom is -0.456 e. The third-order valence-corrected chi connectivity index (χ3v) is 5.95. The van der Waals surface area contributed by atoms with Gasteiger partial charge in [-0.2, -0.15) is 4.31 Å².